The number of rotatable bonds is 33. The number of hydrogen-bond donors (Lipinski definition) is 0. The Kier molecular flexibility index (Phi) is 26.2. The van der Waals surface area contributed by atoms with Gasteiger partial charge in [0.25, 0.3) is 0 Å². The number of nitrogens with zero attached hydrogens (tertiary/aromatic N) is 2. The monoisotopic (exact) mass is 620 g/mol. The van der Waals surface area contributed by atoms with Crippen molar-refractivity contribution in [2.45, 2.75) is 206 Å². The summed E-state index contributed by atoms with van der Waals surface area (Å²) < 4.78 is 0. The Morgan fingerprint density at radius 1 is 0.444 bits per heavy atom. The predicted octanol–water partition coefficient (Wildman–Crippen LogP) is 14.5. The zero-order chi connectivity index (χ0) is 31.9. The Morgan fingerprint density at radius 2 is 0.800 bits per heavy atom. The van der Waals surface area contributed by atoms with Crippen molar-refractivity contribution in [2.75, 3.05) is 0 Å². The van der Waals surface area contributed by atoms with Crippen LogP contribution in [-0.4, -0.2) is 12.4 Å². The molecule has 2 atom stereocenters. The summed E-state index contributed by atoms with van der Waals surface area (Å²) in [6.45, 7) is 4.61. The fourth-order valence-electron chi connectivity index (χ4n) is 7.37. The van der Waals surface area contributed by atoms with Gasteiger partial charge >= 0.3 is 0 Å². The van der Waals surface area contributed by atoms with Gasteiger partial charge in [0.15, 0.2) is 12.4 Å². The Labute approximate surface area is 282 Å². The first-order chi connectivity index (χ1) is 22.3. The summed E-state index contributed by atoms with van der Waals surface area (Å²) >= 11 is 0. The maximum Gasteiger partial charge on any atom is 0.244 e. The second-order valence-electron chi connectivity index (χ2n) is 14.4. The number of unbranched alkanes of at least 4 members (excludes halogenated alkanes) is 25. The van der Waals surface area contributed by atoms with Gasteiger partial charge in [-0.2, -0.15) is 0 Å². The van der Waals surface area contributed by atoms with Crippen LogP contribution in [0.4, 0.5) is 0 Å². The third-order valence-corrected chi connectivity index (χ3v) is 10.3. The Morgan fingerprint density at radius 3 is 1.20 bits per heavy atom. The van der Waals surface area contributed by atoms with Crippen LogP contribution in [0, 0.1) is 18.0 Å². The van der Waals surface area contributed by atoms with Gasteiger partial charge in [-0.3, -0.25) is 0 Å². The summed E-state index contributed by atoms with van der Waals surface area (Å²) in [5.41, 5.74) is 1.48. The second-order valence-corrected chi connectivity index (χ2v) is 14.4. The highest BCUT2D eigenvalue weighted by molar-refractivity contribution is 6.18. The lowest BCUT2D eigenvalue weighted by Crippen LogP contribution is -2.22. The topological polar surface area (TPSA) is 24.7 Å². The standard InChI is InChI=1S/C43H75N2/c1-3-5-7-9-11-13-15-16-17-18-19-20-21-22-24-26-31-35-41(39-40-33-29-28-30-34-40)42(43-44-37-38-45-43)36-32-27-25-23-14-12-10-8-6-4-2/h28-30,33-34,37-38,41-42H,3-27,31-32,35-36,39H2,1-2H3/q+1. The number of aliphatic imine (C=N–C) groups is 2. The van der Waals surface area contributed by atoms with Crippen molar-refractivity contribution in [2.24, 2.45) is 21.8 Å². The molecule has 0 spiro atoms. The zero-order valence-electron chi connectivity index (χ0n) is 30.3. The van der Waals surface area contributed by atoms with Crippen LogP contribution in [0.25, 0.3) is 0 Å². The van der Waals surface area contributed by atoms with Gasteiger partial charge in [-0.25, -0.2) is 0 Å². The van der Waals surface area contributed by atoms with Crippen molar-refractivity contribution in [3.8, 4) is 0 Å². The molecule has 0 bridgehead atoms. The molecule has 2 rings (SSSR count). The van der Waals surface area contributed by atoms with E-state index in [9.17, 15) is 0 Å². The first kappa shape index (κ1) is 39.6. The van der Waals surface area contributed by atoms with Crippen molar-refractivity contribution in [1.82, 2.24) is 0 Å². The van der Waals surface area contributed by atoms with Gasteiger partial charge in [-0.15, -0.1) is 0 Å². The summed E-state index contributed by atoms with van der Waals surface area (Å²) in [4.78, 5) is 9.52. The molecule has 45 heavy (non-hydrogen) atoms. The Hall–Kier alpha value is -1.57. The van der Waals surface area contributed by atoms with E-state index in [0.717, 1.165) is 12.6 Å². The Balaban J connectivity index is 1.63. The van der Waals surface area contributed by atoms with E-state index in [2.05, 4.69) is 44.2 Å². The van der Waals surface area contributed by atoms with Gasteiger partial charge in [-0.1, -0.05) is 228 Å². The average molecular weight is 620 g/mol. The lowest BCUT2D eigenvalue weighted by molar-refractivity contribution is 0.284. The van der Waals surface area contributed by atoms with Crippen LogP contribution in [0.1, 0.15) is 206 Å². The number of benzene rings is 1. The van der Waals surface area contributed by atoms with Crippen molar-refractivity contribution in [1.29, 1.82) is 0 Å². The molecule has 256 valence electrons. The zero-order valence-corrected chi connectivity index (χ0v) is 30.3. The van der Waals surface area contributed by atoms with Crippen molar-refractivity contribution in [3.05, 3.63) is 42.1 Å². The van der Waals surface area contributed by atoms with E-state index in [1.54, 1.807) is 0 Å². The SMILES string of the molecule is CCCCCCCCCCCCCCCCCCCC(Cc1ccccc1)C(CCCCCCCCCCCC)[C+]1N=CC=N1. The smallest absolute Gasteiger partial charge is 0.0965 e. The van der Waals surface area contributed by atoms with Crippen LogP contribution >= 0.6 is 0 Å². The Bertz CT molecular complexity index is 787. The fraction of sp³-hybridized carbons (Fsp3) is 0.791. The molecule has 0 N–H and O–H groups in total. The van der Waals surface area contributed by atoms with E-state index in [0.29, 0.717) is 11.8 Å². The molecule has 1 aliphatic heterocycles. The van der Waals surface area contributed by atoms with E-state index in [4.69, 9.17) is 9.98 Å². The van der Waals surface area contributed by atoms with E-state index in [1.165, 1.54) is 192 Å². The maximum absolute atomic E-state index is 4.76. The largest absolute Gasteiger partial charge is 0.244 e. The molecule has 0 saturated heterocycles. The van der Waals surface area contributed by atoms with Gasteiger partial charge in [-0.05, 0) is 30.7 Å². The van der Waals surface area contributed by atoms with Gasteiger partial charge in [0.05, 0.1) is 5.92 Å². The third-order valence-electron chi connectivity index (χ3n) is 10.3. The molecule has 1 heterocycles. The summed E-state index contributed by atoms with van der Waals surface area (Å²) in [6.07, 6.45) is 47.0. The van der Waals surface area contributed by atoms with Crippen LogP contribution in [-0.2, 0) is 6.42 Å². The van der Waals surface area contributed by atoms with Crippen LogP contribution in [0.15, 0.2) is 40.3 Å². The van der Waals surface area contributed by atoms with E-state index >= 15 is 0 Å². The minimum atomic E-state index is 0.496. The van der Waals surface area contributed by atoms with Gasteiger partial charge in [0, 0.05) is 0 Å². The second kappa shape index (κ2) is 29.8. The van der Waals surface area contributed by atoms with Gasteiger partial charge < -0.3 is 0 Å². The third kappa shape index (κ3) is 21.8. The summed E-state index contributed by atoms with van der Waals surface area (Å²) in [7, 11) is 0. The molecule has 1 aromatic carbocycles. The summed E-state index contributed by atoms with van der Waals surface area (Å²) in [5.74, 6) is 1.14. The molecular formula is C43H75N2+. The lowest BCUT2D eigenvalue weighted by Gasteiger charge is -2.26. The van der Waals surface area contributed by atoms with E-state index in [-0.39, 0.29) is 0 Å². The maximum atomic E-state index is 4.76. The van der Waals surface area contributed by atoms with Crippen molar-refractivity contribution in [3.63, 3.8) is 0 Å². The minimum absolute atomic E-state index is 0.496. The highest BCUT2D eigenvalue weighted by atomic mass is 15.0. The highest BCUT2D eigenvalue weighted by Gasteiger charge is 2.35. The molecule has 0 aromatic heterocycles. The molecule has 2 nitrogen and oxygen atoms in total. The number of hydrogen-bond acceptors (Lipinski definition) is 2. The normalized spacial score (nSPS) is 14.0. The molecule has 2 heteroatoms. The van der Waals surface area contributed by atoms with Crippen molar-refractivity contribution < 1.29 is 0 Å². The average Bonchev–Trinajstić information content (AvgIpc) is 3.60. The molecule has 1 aliphatic rings. The van der Waals surface area contributed by atoms with Crippen LogP contribution in [0.2, 0.25) is 0 Å². The van der Waals surface area contributed by atoms with Gasteiger partial charge in [0.1, 0.15) is 0 Å². The molecule has 0 saturated carbocycles. The lowest BCUT2D eigenvalue weighted by atomic mass is 9.78. The van der Waals surface area contributed by atoms with Crippen LogP contribution in [0.3, 0.4) is 0 Å². The van der Waals surface area contributed by atoms with Crippen LogP contribution in [0.5, 0.6) is 0 Å². The highest BCUT2D eigenvalue weighted by Crippen LogP contribution is 2.37. The molecule has 0 fully saturated rings. The molecule has 0 radical (unpaired) electrons. The summed E-state index contributed by atoms with van der Waals surface area (Å²) in [6, 6.07) is 11.2. The molecular weight excluding hydrogens is 544 g/mol. The van der Waals surface area contributed by atoms with Crippen molar-refractivity contribution >= 4 is 12.4 Å². The first-order valence-electron chi connectivity index (χ1n) is 20.3. The van der Waals surface area contributed by atoms with Gasteiger partial charge in [0.2, 0.25) is 6.17 Å². The van der Waals surface area contributed by atoms with E-state index < -0.39 is 0 Å². The molecule has 0 amide bonds. The minimum Gasteiger partial charge on any atom is -0.0965 e. The molecule has 1 aromatic rings. The molecule has 0 aliphatic carbocycles. The van der Waals surface area contributed by atoms with Crippen LogP contribution < -0.4 is 0 Å². The first-order valence-corrected chi connectivity index (χ1v) is 20.3. The van der Waals surface area contributed by atoms with E-state index in [1.807, 2.05) is 12.4 Å². The fourth-order valence-corrected chi connectivity index (χ4v) is 7.37. The molecule has 2 unspecified atom stereocenters. The predicted molar refractivity (Wildman–Crippen MR) is 203 cm³/mol. The quantitative estimate of drug-likeness (QED) is 0.0552. The summed E-state index contributed by atoms with van der Waals surface area (Å²) in [5, 5.41) is 0.